The first kappa shape index (κ1) is 25.3. The number of para-hydroxylation sites is 1. The van der Waals surface area contributed by atoms with E-state index < -0.39 is 5.97 Å². The molecule has 5 rings (SSSR count). The number of amides is 1. The first-order chi connectivity index (χ1) is 17.9. The average molecular weight is 636 g/mol. The van der Waals surface area contributed by atoms with Crippen molar-refractivity contribution in [2.45, 2.75) is 6.92 Å². The third kappa shape index (κ3) is 5.37. The number of anilines is 1. The van der Waals surface area contributed by atoms with Crippen LogP contribution in [0.3, 0.4) is 0 Å². The molecular weight excluding hydrogens is 616 g/mol. The molecule has 0 aliphatic carbocycles. The van der Waals surface area contributed by atoms with Crippen LogP contribution in [0, 0.1) is 0 Å². The van der Waals surface area contributed by atoms with Crippen LogP contribution in [0.4, 0.5) is 5.00 Å². The monoisotopic (exact) mass is 634 g/mol. The summed E-state index contributed by atoms with van der Waals surface area (Å²) < 4.78 is 7.21. The molecule has 0 atom stereocenters. The lowest BCUT2D eigenvalue weighted by atomic mass is 10.0. The summed E-state index contributed by atoms with van der Waals surface area (Å²) in [4.78, 5) is 31.5. The van der Waals surface area contributed by atoms with Gasteiger partial charge in [-0.15, -0.1) is 11.3 Å². The van der Waals surface area contributed by atoms with Crippen molar-refractivity contribution in [3.63, 3.8) is 0 Å². The van der Waals surface area contributed by atoms with E-state index in [2.05, 4.69) is 37.2 Å². The number of halogens is 2. The number of aromatic nitrogens is 1. The highest BCUT2D eigenvalue weighted by Gasteiger charge is 2.24. The van der Waals surface area contributed by atoms with Crippen molar-refractivity contribution in [2.75, 3.05) is 11.9 Å². The number of fused-ring (bicyclic) bond motifs is 1. The van der Waals surface area contributed by atoms with Gasteiger partial charge in [0.15, 0.2) is 0 Å². The highest BCUT2D eigenvalue weighted by molar-refractivity contribution is 9.10. The second-order valence-electron chi connectivity index (χ2n) is 8.12. The molecule has 5 nitrogen and oxygen atoms in total. The maximum absolute atomic E-state index is 13.7. The molecule has 2 heterocycles. The molecule has 0 saturated heterocycles. The summed E-state index contributed by atoms with van der Waals surface area (Å²) >= 11 is 8.25. The molecule has 0 radical (unpaired) electrons. The topological polar surface area (TPSA) is 68.3 Å². The lowest BCUT2D eigenvalue weighted by Crippen LogP contribution is -2.15. The van der Waals surface area contributed by atoms with Crippen molar-refractivity contribution in [1.29, 1.82) is 0 Å². The van der Waals surface area contributed by atoms with E-state index in [1.807, 2.05) is 78.2 Å². The fourth-order valence-electron chi connectivity index (χ4n) is 4.03. The SMILES string of the molecule is CCOC(=O)c1c(-c2ccc(Br)cc2)csc1NC(=O)c1cc(-c2cccc(Br)c2)nc2ccccc12. The number of esters is 1. The second-order valence-corrected chi connectivity index (χ2v) is 10.8. The van der Waals surface area contributed by atoms with Gasteiger partial charge in [0.25, 0.3) is 5.91 Å². The first-order valence-electron chi connectivity index (χ1n) is 11.5. The van der Waals surface area contributed by atoms with E-state index >= 15 is 0 Å². The van der Waals surface area contributed by atoms with Crippen molar-refractivity contribution in [3.05, 3.63) is 104 Å². The summed E-state index contributed by atoms with van der Waals surface area (Å²) in [5.74, 6) is -0.809. The number of ether oxygens (including phenoxy) is 1. The number of rotatable bonds is 6. The number of carbonyl (C=O) groups excluding carboxylic acids is 2. The van der Waals surface area contributed by atoms with Gasteiger partial charge in [-0.05, 0) is 48.9 Å². The fourth-order valence-corrected chi connectivity index (χ4v) is 5.64. The Labute approximate surface area is 234 Å². The average Bonchev–Trinajstić information content (AvgIpc) is 3.32. The zero-order chi connectivity index (χ0) is 25.9. The number of carbonyl (C=O) groups is 2. The minimum Gasteiger partial charge on any atom is -0.462 e. The van der Waals surface area contributed by atoms with Gasteiger partial charge in [-0.2, -0.15) is 0 Å². The van der Waals surface area contributed by atoms with Crippen LogP contribution in [0.1, 0.15) is 27.6 Å². The highest BCUT2D eigenvalue weighted by Crippen LogP contribution is 2.37. The molecule has 184 valence electrons. The number of nitrogens with one attached hydrogen (secondary N) is 1. The largest absolute Gasteiger partial charge is 0.462 e. The maximum Gasteiger partial charge on any atom is 0.341 e. The van der Waals surface area contributed by atoms with Crippen LogP contribution in [0.5, 0.6) is 0 Å². The highest BCUT2D eigenvalue weighted by atomic mass is 79.9. The minimum absolute atomic E-state index is 0.229. The fraction of sp³-hybridized carbons (Fsp3) is 0.0690. The van der Waals surface area contributed by atoms with Gasteiger partial charge in [-0.1, -0.05) is 74.3 Å². The van der Waals surface area contributed by atoms with Crippen molar-refractivity contribution >= 4 is 71.0 Å². The minimum atomic E-state index is -0.480. The third-order valence-corrected chi connectivity index (χ3v) is 7.65. The molecule has 0 aliphatic heterocycles. The number of pyridine rings is 1. The second kappa shape index (κ2) is 11.0. The van der Waals surface area contributed by atoms with Crippen LogP contribution in [0.15, 0.2) is 93.2 Å². The van der Waals surface area contributed by atoms with Gasteiger partial charge >= 0.3 is 5.97 Å². The summed E-state index contributed by atoms with van der Waals surface area (Å²) in [6.07, 6.45) is 0. The van der Waals surface area contributed by atoms with Gasteiger partial charge < -0.3 is 10.1 Å². The lowest BCUT2D eigenvalue weighted by Gasteiger charge is -2.12. The molecule has 3 aromatic carbocycles. The van der Waals surface area contributed by atoms with Crippen molar-refractivity contribution in [1.82, 2.24) is 4.98 Å². The molecule has 5 aromatic rings. The Morgan fingerprint density at radius 2 is 1.70 bits per heavy atom. The van der Waals surface area contributed by atoms with Crippen LogP contribution in [-0.2, 0) is 4.74 Å². The van der Waals surface area contributed by atoms with Gasteiger partial charge in [-0.25, -0.2) is 9.78 Å². The van der Waals surface area contributed by atoms with E-state index in [-0.39, 0.29) is 12.5 Å². The lowest BCUT2D eigenvalue weighted by molar-refractivity contribution is 0.0529. The van der Waals surface area contributed by atoms with E-state index in [1.54, 1.807) is 13.0 Å². The third-order valence-electron chi connectivity index (χ3n) is 5.73. The first-order valence-corrected chi connectivity index (χ1v) is 13.9. The zero-order valence-electron chi connectivity index (χ0n) is 19.6. The quantitative estimate of drug-likeness (QED) is 0.190. The molecule has 1 amide bonds. The molecule has 0 fully saturated rings. The molecule has 1 N–H and O–H groups in total. The van der Waals surface area contributed by atoms with E-state index in [1.165, 1.54) is 11.3 Å². The summed E-state index contributed by atoms with van der Waals surface area (Å²) in [5, 5.41) is 6.01. The Morgan fingerprint density at radius 3 is 2.46 bits per heavy atom. The molecule has 37 heavy (non-hydrogen) atoms. The van der Waals surface area contributed by atoms with Gasteiger partial charge in [0.1, 0.15) is 10.6 Å². The molecule has 0 spiro atoms. The Bertz CT molecular complexity index is 1630. The molecule has 0 bridgehead atoms. The van der Waals surface area contributed by atoms with Crippen molar-refractivity contribution in [3.8, 4) is 22.4 Å². The van der Waals surface area contributed by atoms with E-state index in [0.717, 1.165) is 25.5 Å². The predicted octanol–water partition coefficient (Wildman–Crippen LogP) is 8.58. The molecule has 0 unspecified atom stereocenters. The number of benzene rings is 3. The van der Waals surface area contributed by atoms with E-state index in [0.29, 0.717) is 32.9 Å². The number of hydrogen-bond acceptors (Lipinski definition) is 5. The Morgan fingerprint density at radius 1 is 0.919 bits per heavy atom. The summed E-state index contributed by atoms with van der Waals surface area (Å²) in [6, 6.07) is 24.7. The number of thiophene rings is 1. The Kier molecular flexibility index (Phi) is 7.50. The van der Waals surface area contributed by atoms with Gasteiger partial charge in [0.2, 0.25) is 0 Å². The van der Waals surface area contributed by atoms with Gasteiger partial charge in [-0.3, -0.25) is 4.79 Å². The predicted molar refractivity (Wildman–Crippen MR) is 156 cm³/mol. The number of nitrogens with zero attached hydrogens (tertiary/aromatic N) is 1. The molecule has 8 heteroatoms. The summed E-state index contributed by atoms with van der Waals surface area (Å²) in [7, 11) is 0. The maximum atomic E-state index is 13.7. The zero-order valence-corrected chi connectivity index (χ0v) is 23.6. The van der Waals surface area contributed by atoms with E-state index in [9.17, 15) is 9.59 Å². The van der Waals surface area contributed by atoms with Crippen LogP contribution in [0.25, 0.3) is 33.3 Å². The van der Waals surface area contributed by atoms with E-state index in [4.69, 9.17) is 9.72 Å². The van der Waals surface area contributed by atoms with Crippen LogP contribution in [-0.4, -0.2) is 23.5 Å². The summed E-state index contributed by atoms with van der Waals surface area (Å²) in [5.41, 5.74) is 4.64. The normalized spacial score (nSPS) is 10.9. The van der Waals surface area contributed by atoms with Gasteiger partial charge in [0, 0.05) is 30.8 Å². The van der Waals surface area contributed by atoms with Crippen LogP contribution in [0.2, 0.25) is 0 Å². The molecule has 0 aliphatic rings. The standard InChI is InChI=1S/C29H20Br2N2O3S/c1-2-36-29(35)26-23(17-10-12-19(30)13-11-17)16-37-28(26)33-27(34)22-15-25(18-6-5-7-20(31)14-18)32-24-9-4-3-8-21(22)24/h3-16H,2H2,1H3,(H,33,34). The van der Waals surface area contributed by atoms with Crippen LogP contribution < -0.4 is 5.32 Å². The van der Waals surface area contributed by atoms with Crippen LogP contribution >= 0.6 is 43.2 Å². The Balaban J connectivity index is 1.58. The molecular formula is C29H20Br2N2O3S. The smallest absolute Gasteiger partial charge is 0.341 e. The number of hydrogen-bond donors (Lipinski definition) is 1. The Hall–Kier alpha value is -3.33. The summed E-state index contributed by atoms with van der Waals surface area (Å²) in [6.45, 7) is 1.99. The van der Waals surface area contributed by atoms with Crippen molar-refractivity contribution < 1.29 is 14.3 Å². The van der Waals surface area contributed by atoms with Gasteiger partial charge in [0.05, 0.1) is 23.4 Å². The molecule has 2 aromatic heterocycles. The molecule has 0 saturated carbocycles. The van der Waals surface area contributed by atoms with Crippen molar-refractivity contribution in [2.24, 2.45) is 0 Å².